The van der Waals surface area contributed by atoms with Crippen LogP contribution >= 0.6 is 11.6 Å². The minimum Gasteiger partial charge on any atom is -0.335 e. The first kappa shape index (κ1) is 12.9. The fourth-order valence-corrected chi connectivity index (χ4v) is 3.78. The van der Waals surface area contributed by atoms with Gasteiger partial charge in [-0.25, -0.2) is 4.98 Å². The highest BCUT2D eigenvalue weighted by Crippen LogP contribution is 2.36. The van der Waals surface area contributed by atoms with E-state index < -0.39 is 0 Å². The third-order valence-corrected chi connectivity index (χ3v) is 4.79. The SMILES string of the molecule is O=C(c1cccnc1Cl)N1CCCC1C1CCCC1. The Bertz CT molecular complexity index is 471. The van der Waals surface area contributed by atoms with E-state index in [9.17, 15) is 4.79 Å². The molecule has 2 aliphatic rings. The number of halogens is 1. The molecule has 1 saturated heterocycles. The molecule has 1 aromatic heterocycles. The van der Waals surface area contributed by atoms with E-state index in [2.05, 4.69) is 4.98 Å². The van der Waals surface area contributed by atoms with Crippen LogP contribution in [0, 0.1) is 5.92 Å². The molecule has 3 rings (SSSR count). The summed E-state index contributed by atoms with van der Waals surface area (Å²) < 4.78 is 0. The van der Waals surface area contributed by atoms with Crippen LogP contribution in [0.3, 0.4) is 0 Å². The quantitative estimate of drug-likeness (QED) is 0.776. The molecule has 1 amide bonds. The van der Waals surface area contributed by atoms with Gasteiger partial charge in [-0.3, -0.25) is 4.79 Å². The van der Waals surface area contributed by atoms with Crippen molar-refractivity contribution in [3.05, 3.63) is 29.0 Å². The highest BCUT2D eigenvalue weighted by Gasteiger charge is 2.36. The third kappa shape index (κ3) is 2.48. The number of hydrogen-bond donors (Lipinski definition) is 0. The molecule has 4 heteroatoms. The topological polar surface area (TPSA) is 33.2 Å². The van der Waals surface area contributed by atoms with Gasteiger partial charge in [0.15, 0.2) is 0 Å². The summed E-state index contributed by atoms with van der Waals surface area (Å²) in [6, 6.07) is 3.98. The Morgan fingerprint density at radius 3 is 2.79 bits per heavy atom. The number of amides is 1. The molecule has 0 N–H and O–H groups in total. The summed E-state index contributed by atoms with van der Waals surface area (Å²) >= 11 is 6.05. The number of hydrogen-bond acceptors (Lipinski definition) is 2. The monoisotopic (exact) mass is 278 g/mol. The lowest BCUT2D eigenvalue weighted by Gasteiger charge is -2.29. The average molecular weight is 279 g/mol. The van der Waals surface area contributed by atoms with Gasteiger partial charge in [-0.1, -0.05) is 24.4 Å². The normalized spacial score (nSPS) is 24.1. The molecule has 2 fully saturated rings. The number of rotatable bonds is 2. The smallest absolute Gasteiger partial charge is 0.257 e. The Balaban J connectivity index is 1.80. The minimum atomic E-state index is 0.0625. The summed E-state index contributed by atoms with van der Waals surface area (Å²) in [7, 11) is 0. The van der Waals surface area contributed by atoms with Crippen LogP contribution < -0.4 is 0 Å². The highest BCUT2D eigenvalue weighted by atomic mass is 35.5. The molecule has 0 radical (unpaired) electrons. The van der Waals surface area contributed by atoms with Crippen LogP contribution in [0.5, 0.6) is 0 Å². The molecule has 1 saturated carbocycles. The molecule has 0 bridgehead atoms. The molecule has 0 spiro atoms. The molecule has 1 aromatic rings. The molecule has 1 unspecified atom stereocenters. The van der Waals surface area contributed by atoms with Crippen molar-refractivity contribution in [3.63, 3.8) is 0 Å². The largest absolute Gasteiger partial charge is 0.335 e. The number of aromatic nitrogens is 1. The van der Waals surface area contributed by atoms with Crippen molar-refractivity contribution in [2.45, 2.75) is 44.6 Å². The molecule has 0 aromatic carbocycles. The van der Waals surface area contributed by atoms with E-state index in [1.54, 1.807) is 18.3 Å². The van der Waals surface area contributed by atoms with Crippen molar-refractivity contribution < 1.29 is 4.79 Å². The predicted octanol–water partition coefficient (Wildman–Crippen LogP) is 3.53. The zero-order valence-electron chi connectivity index (χ0n) is 11.0. The lowest BCUT2D eigenvalue weighted by atomic mass is 9.95. The van der Waals surface area contributed by atoms with E-state index in [1.807, 2.05) is 4.90 Å². The fourth-order valence-electron chi connectivity index (χ4n) is 3.58. The second-order valence-corrected chi connectivity index (χ2v) is 5.95. The zero-order valence-corrected chi connectivity index (χ0v) is 11.8. The lowest BCUT2D eigenvalue weighted by molar-refractivity contribution is 0.0689. The summed E-state index contributed by atoms with van der Waals surface area (Å²) in [6.45, 7) is 0.866. The Labute approximate surface area is 119 Å². The summed E-state index contributed by atoms with van der Waals surface area (Å²) in [4.78, 5) is 18.7. The average Bonchev–Trinajstić information content (AvgIpc) is 3.09. The Hall–Kier alpha value is -1.09. The van der Waals surface area contributed by atoms with Crippen LogP contribution in [-0.4, -0.2) is 28.4 Å². The first-order valence-corrected chi connectivity index (χ1v) is 7.56. The fraction of sp³-hybridized carbons (Fsp3) is 0.600. The first-order valence-electron chi connectivity index (χ1n) is 7.19. The van der Waals surface area contributed by atoms with Crippen LogP contribution in [0.4, 0.5) is 0 Å². The summed E-state index contributed by atoms with van der Waals surface area (Å²) in [5.74, 6) is 0.759. The molecular weight excluding hydrogens is 260 g/mol. The van der Waals surface area contributed by atoms with Crippen molar-refractivity contribution in [2.75, 3.05) is 6.54 Å². The maximum atomic E-state index is 12.6. The number of carbonyl (C=O) groups is 1. The second kappa shape index (κ2) is 5.49. The van der Waals surface area contributed by atoms with E-state index in [-0.39, 0.29) is 5.91 Å². The molecule has 102 valence electrons. The first-order chi connectivity index (χ1) is 9.27. The van der Waals surface area contributed by atoms with Gasteiger partial charge in [0, 0.05) is 18.8 Å². The lowest BCUT2D eigenvalue weighted by Crippen LogP contribution is -2.39. The number of pyridine rings is 1. The van der Waals surface area contributed by atoms with Crippen molar-refractivity contribution in [1.29, 1.82) is 0 Å². The van der Waals surface area contributed by atoms with E-state index in [0.717, 1.165) is 19.4 Å². The zero-order chi connectivity index (χ0) is 13.2. The van der Waals surface area contributed by atoms with Crippen molar-refractivity contribution in [2.24, 2.45) is 5.92 Å². The maximum absolute atomic E-state index is 12.6. The number of carbonyl (C=O) groups excluding carboxylic acids is 1. The van der Waals surface area contributed by atoms with E-state index in [4.69, 9.17) is 11.6 Å². The molecule has 2 heterocycles. The Morgan fingerprint density at radius 1 is 1.26 bits per heavy atom. The minimum absolute atomic E-state index is 0.0625. The van der Waals surface area contributed by atoms with E-state index in [0.29, 0.717) is 22.7 Å². The van der Waals surface area contributed by atoms with Crippen molar-refractivity contribution in [1.82, 2.24) is 9.88 Å². The van der Waals surface area contributed by atoms with Gasteiger partial charge in [0.25, 0.3) is 5.91 Å². The number of likely N-dealkylation sites (tertiary alicyclic amines) is 1. The van der Waals surface area contributed by atoms with Gasteiger partial charge in [-0.05, 0) is 43.7 Å². The van der Waals surface area contributed by atoms with Gasteiger partial charge in [0.2, 0.25) is 0 Å². The Morgan fingerprint density at radius 2 is 2.05 bits per heavy atom. The predicted molar refractivity (Wildman–Crippen MR) is 75.3 cm³/mol. The second-order valence-electron chi connectivity index (χ2n) is 5.59. The molecule has 1 aliphatic heterocycles. The van der Waals surface area contributed by atoms with Crippen LogP contribution in [0.25, 0.3) is 0 Å². The van der Waals surface area contributed by atoms with Gasteiger partial charge in [0.1, 0.15) is 5.15 Å². The highest BCUT2D eigenvalue weighted by molar-refractivity contribution is 6.32. The third-order valence-electron chi connectivity index (χ3n) is 4.49. The molecule has 1 aliphatic carbocycles. The van der Waals surface area contributed by atoms with Crippen LogP contribution in [0.15, 0.2) is 18.3 Å². The molecule has 19 heavy (non-hydrogen) atoms. The van der Waals surface area contributed by atoms with E-state index >= 15 is 0 Å². The van der Waals surface area contributed by atoms with Crippen molar-refractivity contribution >= 4 is 17.5 Å². The van der Waals surface area contributed by atoms with Gasteiger partial charge in [-0.15, -0.1) is 0 Å². The standard InChI is InChI=1S/C15H19ClN2O/c16-14-12(7-3-9-17-14)15(19)18-10-4-8-13(18)11-5-1-2-6-11/h3,7,9,11,13H,1-2,4-6,8,10H2. The van der Waals surface area contributed by atoms with Gasteiger partial charge in [0.05, 0.1) is 5.56 Å². The molecule has 3 nitrogen and oxygen atoms in total. The van der Waals surface area contributed by atoms with E-state index in [1.165, 1.54) is 25.7 Å². The summed E-state index contributed by atoms with van der Waals surface area (Å²) in [5, 5.41) is 0.324. The van der Waals surface area contributed by atoms with Gasteiger partial charge < -0.3 is 4.90 Å². The van der Waals surface area contributed by atoms with Crippen LogP contribution in [0.1, 0.15) is 48.9 Å². The molecule has 1 atom stereocenters. The van der Waals surface area contributed by atoms with Crippen LogP contribution in [0.2, 0.25) is 5.15 Å². The molecular formula is C15H19ClN2O. The van der Waals surface area contributed by atoms with Crippen LogP contribution in [-0.2, 0) is 0 Å². The maximum Gasteiger partial charge on any atom is 0.257 e. The number of nitrogens with zero attached hydrogens (tertiary/aromatic N) is 2. The Kier molecular flexibility index (Phi) is 3.74. The summed E-state index contributed by atoms with van der Waals surface area (Å²) in [5.41, 5.74) is 0.550. The van der Waals surface area contributed by atoms with Gasteiger partial charge >= 0.3 is 0 Å². The van der Waals surface area contributed by atoms with Gasteiger partial charge in [-0.2, -0.15) is 0 Å². The van der Waals surface area contributed by atoms with Crippen molar-refractivity contribution in [3.8, 4) is 0 Å². The summed E-state index contributed by atoms with van der Waals surface area (Å²) in [6.07, 6.45) is 9.06.